The van der Waals surface area contributed by atoms with Gasteiger partial charge in [0.15, 0.2) is 9.84 Å². The van der Waals surface area contributed by atoms with Crippen LogP contribution in [0.2, 0.25) is 10.0 Å². The zero-order chi connectivity index (χ0) is 19.9. The van der Waals surface area contributed by atoms with E-state index in [4.69, 9.17) is 27.9 Å². The van der Waals surface area contributed by atoms with Gasteiger partial charge >= 0.3 is 12.0 Å². The molecular weight excluding hydrogens is 415 g/mol. The van der Waals surface area contributed by atoms with Crippen molar-refractivity contribution in [3.8, 4) is 0 Å². The fourth-order valence-electron chi connectivity index (χ4n) is 3.52. The van der Waals surface area contributed by atoms with Gasteiger partial charge in [-0.05, 0) is 31.0 Å². The number of nitrogens with zero attached hydrogens (tertiary/aromatic N) is 1. The summed E-state index contributed by atoms with van der Waals surface area (Å²) < 4.78 is 28.6. The second-order valence-electron chi connectivity index (χ2n) is 6.47. The van der Waals surface area contributed by atoms with Crippen LogP contribution in [-0.4, -0.2) is 50.0 Å². The van der Waals surface area contributed by atoms with Crippen LogP contribution in [-0.2, 0) is 19.4 Å². The van der Waals surface area contributed by atoms with E-state index in [0.29, 0.717) is 27.7 Å². The number of methoxy groups -OCH3 is 1. The van der Waals surface area contributed by atoms with Crippen LogP contribution < -0.4 is 5.32 Å². The molecule has 1 fully saturated rings. The highest BCUT2D eigenvalue weighted by atomic mass is 35.5. The molecule has 2 atom stereocenters. The van der Waals surface area contributed by atoms with Crippen LogP contribution in [0.5, 0.6) is 0 Å². The molecule has 1 N–H and O–H groups in total. The Kier molecular flexibility index (Phi) is 5.42. The Labute approximate surface area is 167 Å². The van der Waals surface area contributed by atoms with Crippen LogP contribution >= 0.6 is 23.2 Å². The van der Waals surface area contributed by atoms with Crippen molar-refractivity contribution in [3.63, 3.8) is 0 Å². The van der Waals surface area contributed by atoms with E-state index in [1.165, 1.54) is 18.1 Å². The molecule has 10 heteroatoms. The first-order valence-electron chi connectivity index (χ1n) is 8.19. The van der Waals surface area contributed by atoms with Gasteiger partial charge in [-0.25, -0.2) is 18.0 Å². The van der Waals surface area contributed by atoms with Crippen LogP contribution in [0.1, 0.15) is 24.9 Å². The number of nitrogens with one attached hydrogen (secondary N) is 1. The molecule has 0 bridgehead atoms. The Balaban J connectivity index is 2.09. The zero-order valence-electron chi connectivity index (χ0n) is 14.7. The number of sulfone groups is 1. The minimum atomic E-state index is -3.21. The third-order valence-corrected chi connectivity index (χ3v) is 7.09. The van der Waals surface area contributed by atoms with Gasteiger partial charge in [0, 0.05) is 15.7 Å². The maximum absolute atomic E-state index is 12.8. The Morgan fingerprint density at radius 1 is 1.33 bits per heavy atom. The van der Waals surface area contributed by atoms with Crippen molar-refractivity contribution in [2.24, 2.45) is 0 Å². The highest BCUT2D eigenvalue weighted by molar-refractivity contribution is 7.91. The number of amides is 2. The average Bonchev–Trinajstić information content (AvgIpc) is 2.93. The summed E-state index contributed by atoms with van der Waals surface area (Å²) in [6, 6.07) is 2.90. The van der Waals surface area contributed by atoms with Gasteiger partial charge in [-0.1, -0.05) is 29.3 Å². The molecule has 1 aromatic carbocycles. The molecule has 0 spiro atoms. The molecule has 1 aromatic rings. The molecule has 0 unspecified atom stereocenters. The number of ether oxygens (including phenoxy) is 1. The number of allylic oxidation sites excluding steroid dienone is 1. The number of carbonyl (C=O) groups is 2. The summed E-state index contributed by atoms with van der Waals surface area (Å²) in [6.45, 7) is 1.60. The summed E-state index contributed by atoms with van der Waals surface area (Å²) in [7, 11) is -1.97. The van der Waals surface area contributed by atoms with Crippen molar-refractivity contribution in [3.05, 3.63) is 45.1 Å². The van der Waals surface area contributed by atoms with Crippen molar-refractivity contribution < 1.29 is 22.7 Å². The summed E-state index contributed by atoms with van der Waals surface area (Å²) in [5.41, 5.74) is 1.04. The van der Waals surface area contributed by atoms with Gasteiger partial charge in [-0.2, -0.15) is 0 Å². The van der Waals surface area contributed by atoms with E-state index in [-0.39, 0.29) is 17.1 Å². The maximum Gasteiger partial charge on any atom is 0.337 e. The number of hydrogen-bond donors (Lipinski definition) is 1. The molecule has 0 aliphatic carbocycles. The van der Waals surface area contributed by atoms with Gasteiger partial charge in [0.2, 0.25) is 0 Å². The molecule has 7 nitrogen and oxygen atoms in total. The number of urea groups is 1. The van der Waals surface area contributed by atoms with Gasteiger partial charge in [-0.15, -0.1) is 0 Å². The second kappa shape index (κ2) is 7.33. The molecule has 27 heavy (non-hydrogen) atoms. The van der Waals surface area contributed by atoms with Gasteiger partial charge in [-0.3, -0.25) is 4.90 Å². The Morgan fingerprint density at radius 2 is 2.04 bits per heavy atom. The van der Waals surface area contributed by atoms with E-state index >= 15 is 0 Å². The number of benzene rings is 1. The van der Waals surface area contributed by atoms with E-state index in [0.717, 1.165) is 0 Å². The first kappa shape index (κ1) is 20.0. The quantitative estimate of drug-likeness (QED) is 0.740. The zero-order valence-corrected chi connectivity index (χ0v) is 17.0. The molecule has 2 heterocycles. The second-order valence-corrected chi connectivity index (χ2v) is 9.54. The summed E-state index contributed by atoms with van der Waals surface area (Å²) in [5, 5.41) is 3.46. The highest BCUT2D eigenvalue weighted by Crippen LogP contribution is 2.37. The summed E-state index contributed by atoms with van der Waals surface area (Å²) >= 11 is 12.2. The van der Waals surface area contributed by atoms with Crippen molar-refractivity contribution in [1.29, 1.82) is 0 Å². The van der Waals surface area contributed by atoms with E-state index in [1.54, 1.807) is 19.1 Å². The average molecular weight is 433 g/mol. The SMILES string of the molecule is COC(=O)C1=C(C)N([C@H]2CCS(=O)(=O)C2)C(=O)N[C@@H]1c1ccc(Cl)cc1Cl. The number of rotatable bonds is 3. The topological polar surface area (TPSA) is 92.8 Å². The minimum Gasteiger partial charge on any atom is -0.466 e. The monoisotopic (exact) mass is 432 g/mol. The fourth-order valence-corrected chi connectivity index (χ4v) is 5.74. The standard InChI is InChI=1S/C17H18Cl2N2O5S/c1-9-14(16(22)26-2)15(12-4-3-10(18)7-13(12)19)20-17(23)21(9)11-5-6-27(24,25)8-11/h3-4,7,11,15H,5-6,8H2,1-2H3,(H,20,23)/t11-,15+/m0/s1. The third kappa shape index (κ3) is 3.79. The van der Waals surface area contributed by atoms with Crippen LogP contribution in [0.3, 0.4) is 0 Å². The summed E-state index contributed by atoms with van der Waals surface area (Å²) in [4.78, 5) is 26.6. The lowest BCUT2D eigenvalue weighted by Gasteiger charge is -2.38. The first-order chi connectivity index (χ1) is 12.6. The molecule has 0 saturated carbocycles. The molecule has 0 radical (unpaired) electrons. The molecule has 2 aliphatic rings. The molecule has 3 rings (SSSR count). The molecule has 1 saturated heterocycles. The lowest BCUT2D eigenvalue weighted by Crippen LogP contribution is -2.52. The Hall–Kier alpha value is -1.77. The van der Waals surface area contributed by atoms with Gasteiger partial charge in [0.1, 0.15) is 0 Å². The first-order valence-corrected chi connectivity index (χ1v) is 10.8. The van der Waals surface area contributed by atoms with E-state index in [2.05, 4.69) is 5.32 Å². The third-order valence-electron chi connectivity index (χ3n) is 4.78. The summed E-state index contributed by atoms with van der Waals surface area (Å²) in [5.74, 6) is -0.762. The largest absolute Gasteiger partial charge is 0.466 e. The van der Waals surface area contributed by atoms with Gasteiger partial charge < -0.3 is 10.1 Å². The predicted octanol–water partition coefficient (Wildman–Crippen LogP) is 2.69. The Bertz CT molecular complexity index is 945. The number of halogens is 2. The van der Waals surface area contributed by atoms with E-state index < -0.39 is 33.9 Å². The molecule has 0 aromatic heterocycles. The minimum absolute atomic E-state index is 0.00866. The van der Waals surface area contributed by atoms with Crippen molar-refractivity contribution in [1.82, 2.24) is 10.2 Å². The van der Waals surface area contributed by atoms with Crippen molar-refractivity contribution >= 4 is 45.0 Å². The number of hydrogen-bond acceptors (Lipinski definition) is 5. The lowest BCUT2D eigenvalue weighted by molar-refractivity contribution is -0.136. The van der Waals surface area contributed by atoms with Gasteiger partial charge in [0.05, 0.1) is 36.3 Å². The Morgan fingerprint density at radius 3 is 2.59 bits per heavy atom. The van der Waals surface area contributed by atoms with Crippen LogP contribution in [0.15, 0.2) is 29.5 Å². The maximum atomic E-state index is 12.8. The molecule has 2 aliphatic heterocycles. The van der Waals surface area contributed by atoms with E-state index in [9.17, 15) is 18.0 Å². The predicted molar refractivity (Wildman–Crippen MR) is 101 cm³/mol. The smallest absolute Gasteiger partial charge is 0.337 e. The van der Waals surface area contributed by atoms with Crippen LogP contribution in [0.25, 0.3) is 0 Å². The van der Waals surface area contributed by atoms with Crippen molar-refractivity contribution in [2.45, 2.75) is 25.4 Å². The lowest BCUT2D eigenvalue weighted by atomic mass is 9.94. The van der Waals surface area contributed by atoms with Crippen LogP contribution in [0.4, 0.5) is 4.79 Å². The van der Waals surface area contributed by atoms with Gasteiger partial charge in [0.25, 0.3) is 0 Å². The van der Waals surface area contributed by atoms with Crippen molar-refractivity contribution in [2.75, 3.05) is 18.6 Å². The van der Waals surface area contributed by atoms with Crippen LogP contribution in [0, 0.1) is 0 Å². The number of esters is 1. The highest BCUT2D eigenvalue weighted by Gasteiger charge is 2.43. The van der Waals surface area contributed by atoms with E-state index in [1.807, 2.05) is 0 Å². The summed E-state index contributed by atoms with van der Waals surface area (Å²) in [6.07, 6.45) is 0.313. The number of carbonyl (C=O) groups excluding carboxylic acids is 2. The normalized spacial score (nSPS) is 24.7. The molecule has 2 amide bonds. The fraction of sp³-hybridized carbons (Fsp3) is 0.412. The molecular formula is C17H18Cl2N2O5S. The molecule has 146 valence electrons.